The number of carbonyl (C=O) groups is 1. The van der Waals surface area contributed by atoms with Crippen LogP contribution in [0.1, 0.15) is 37.7 Å². The lowest BCUT2D eigenvalue weighted by Crippen LogP contribution is -2.43. The van der Waals surface area contributed by atoms with Gasteiger partial charge in [-0.25, -0.2) is 0 Å². The van der Waals surface area contributed by atoms with Gasteiger partial charge in [-0.1, -0.05) is 12.5 Å². The van der Waals surface area contributed by atoms with Crippen molar-refractivity contribution in [3.63, 3.8) is 0 Å². The van der Waals surface area contributed by atoms with Crippen LogP contribution in [0, 0.1) is 5.92 Å². The molecule has 3 rings (SSSR count). The zero-order valence-corrected chi connectivity index (χ0v) is 11.8. The van der Waals surface area contributed by atoms with Gasteiger partial charge in [0, 0.05) is 29.9 Å². The molecule has 2 aliphatic rings. The number of nitrogen functional groups attached to an aromatic ring is 1. The minimum Gasteiger partial charge on any atom is -0.398 e. The van der Waals surface area contributed by atoms with Crippen LogP contribution in [0.4, 0.5) is 11.4 Å². The number of fused-ring (bicyclic) bond motifs is 1. The van der Waals surface area contributed by atoms with Gasteiger partial charge in [-0.3, -0.25) is 4.79 Å². The van der Waals surface area contributed by atoms with Crippen molar-refractivity contribution in [3.05, 3.63) is 23.8 Å². The van der Waals surface area contributed by atoms with E-state index in [2.05, 4.69) is 0 Å². The van der Waals surface area contributed by atoms with Gasteiger partial charge in [0.1, 0.15) is 0 Å². The average molecular weight is 273 g/mol. The largest absolute Gasteiger partial charge is 0.398 e. The highest BCUT2D eigenvalue weighted by molar-refractivity contribution is 5.97. The first-order valence-electron chi connectivity index (χ1n) is 7.61. The van der Waals surface area contributed by atoms with Crippen LogP contribution >= 0.6 is 0 Å². The maximum absolute atomic E-state index is 12.8. The van der Waals surface area contributed by atoms with Crippen molar-refractivity contribution in [2.75, 3.05) is 17.2 Å². The number of benzene rings is 1. The molecule has 0 radical (unpaired) electrons. The number of nitrogens with zero attached hydrogens (tertiary/aromatic N) is 1. The molecule has 1 aromatic carbocycles. The minimum absolute atomic E-state index is 0.0890. The van der Waals surface area contributed by atoms with Crippen LogP contribution in [0.3, 0.4) is 0 Å². The molecule has 1 aliphatic heterocycles. The summed E-state index contributed by atoms with van der Waals surface area (Å²) >= 11 is 0. The lowest BCUT2D eigenvalue weighted by Gasteiger charge is -2.35. The molecule has 108 valence electrons. The molecule has 4 N–H and O–H groups in total. The van der Waals surface area contributed by atoms with Gasteiger partial charge in [0.25, 0.3) is 0 Å². The molecule has 1 saturated carbocycles. The first-order chi connectivity index (χ1) is 9.66. The van der Waals surface area contributed by atoms with Gasteiger partial charge in [-0.15, -0.1) is 0 Å². The summed E-state index contributed by atoms with van der Waals surface area (Å²) in [7, 11) is 0. The van der Waals surface area contributed by atoms with Gasteiger partial charge >= 0.3 is 0 Å². The molecule has 20 heavy (non-hydrogen) atoms. The molecule has 0 spiro atoms. The summed E-state index contributed by atoms with van der Waals surface area (Å²) in [6, 6.07) is 6.06. The minimum atomic E-state index is 0.0890. The number of hydrogen-bond donors (Lipinski definition) is 2. The number of rotatable bonds is 1. The summed E-state index contributed by atoms with van der Waals surface area (Å²) in [5, 5.41) is 0. The normalized spacial score (nSPS) is 26.1. The summed E-state index contributed by atoms with van der Waals surface area (Å²) < 4.78 is 0. The van der Waals surface area contributed by atoms with Crippen molar-refractivity contribution >= 4 is 17.3 Å². The quantitative estimate of drug-likeness (QED) is 0.769. The molecule has 1 aliphatic carbocycles. The van der Waals surface area contributed by atoms with Crippen LogP contribution < -0.4 is 16.4 Å². The molecule has 0 bridgehead atoms. The average Bonchev–Trinajstić information content (AvgIpc) is 2.46. The van der Waals surface area contributed by atoms with E-state index < -0.39 is 0 Å². The second-order valence-electron chi connectivity index (χ2n) is 6.06. The van der Waals surface area contributed by atoms with E-state index in [0.717, 1.165) is 62.0 Å². The van der Waals surface area contributed by atoms with E-state index in [1.54, 1.807) is 0 Å². The smallest absolute Gasteiger partial charge is 0.230 e. The summed E-state index contributed by atoms with van der Waals surface area (Å²) in [5.41, 5.74) is 15.0. The molecule has 1 aromatic rings. The Bertz CT molecular complexity index is 514. The van der Waals surface area contributed by atoms with Crippen LogP contribution in [0.25, 0.3) is 0 Å². The van der Waals surface area contributed by atoms with Crippen molar-refractivity contribution in [1.29, 1.82) is 0 Å². The Morgan fingerprint density at radius 3 is 2.90 bits per heavy atom. The Hall–Kier alpha value is -1.55. The maximum Gasteiger partial charge on any atom is 0.230 e. The number of nitrogens with two attached hydrogens (primary N) is 2. The van der Waals surface area contributed by atoms with Crippen LogP contribution in [-0.4, -0.2) is 18.5 Å². The highest BCUT2D eigenvalue weighted by Crippen LogP contribution is 2.34. The Kier molecular flexibility index (Phi) is 3.66. The number of carbonyl (C=O) groups excluding carboxylic acids is 1. The molecule has 4 nitrogen and oxygen atoms in total. The Balaban J connectivity index is 1.85. The molecule has 1 amide bonds. The molecule has 1 fully saturated rings. The van der Waals surface area contributed by atoms with Gasteiger partial charge < -0.3 is 16.4 Å². The zero-order chi connectivity index (χ0) is 14.1. The summed E-state index contributed by atoms with van der Waals surface area (Å²) in [4.78, 5) is 14.7. The van der Waals surface area contributed by atoms with E-state index in [0.29, 0.717) is 0 Å². The van der Waals surface area contributed by atoms with Crippen molar-refractivity contribution in [2.24, 2.45) is 11.7 Å². The predicted octanol–water partition coefficient (Wildman–Crippen LogP) is 2.07. The molecule has 4 heteroatoms. The second kappa shape index (κ2) is 5.44. The van der Waals surface area contributed by atoms with Crippen LogP contribution in [0.2, 0.25) is 0 Å². The zero-order valence-electron chi connectivity index (χ0n) is 11.8. The highest BCUT2D eigenvalue weighted by atomic mass is 16.2. The van der Waals surface area contributed by atoms with Crippen molar-refractivity contribution in [3.8, 4) is 0 Å². The van der Waals surface area contributed by atoms with Gasteiger partial charge in [-0.2, -0.15) is 0 Å². The van der Waals surface area contributed by atoms with E-state index in [-0.39, 0.29) is 17.9 Å². The Morgan fingerprint density at radius 2 is 2.10 bits per heavy atom. The van der Waals surface area contributed by atoms with E-state index in [9.17, 15) is 4.79 Å². The molecule has 0 saturated heterocycles. The van der Waals surface area contributed by atoms with Gasteiger partial charge in [-0.05, 0) is 49.8 Å². The maximum atomic E-state index is 12.8. The number of amides is 1. The topological polar surface area (TPSA) is 72.3 Å². The Labute approximate surface area is 120 Å². The van der Waals surface area contributed by atoms with E-state index in [4.69, 9.17) is 11.5 Å². The van der Waals surface area contributed by atoms with E-state index in [1.165, 1.54) is 0 Å². The Morgan fingerprint density at radius 1 is 1.25 bits per heavy atom. The van der Waals surface area contributed by atoms with Crippen molar-refractivity contribution in [2.45, 2.75) is 44.6 Å². The SMILES string of the molecule is Nc1cccc2c1CCCN2C(=O)C1CCCC(N)C1. The van der Waals surface area contributed by atoms with Gasteiger partial charge in [0.2, 0.25) is 5.91 Å². The third-order valence-electron chi connectivity index (χ3n) is 4.62. The number of hydrogen-bond acceptors (Lipinski definition) is 3. The van der Waals surface area contributed by atoms with Gasteiger partial charge in [0.05, 0.1) is 0 Å². The predicted molar refractivity (Wildman–Crippen MR) is 81.5 cm³/mol. The third-order valence-corrected chi connectivity index (χ3v) is 4.62. The fourth-order valence-corrected chi connectivity index (χ4v) is 3.55. The third kappa shape index (κ3) is 2.40. The molecule has 2 atom stereocenters. The standard InChI is InChI=1S/C16H23N3O/c17-12-5-1-4-11(10-12)16(20)19-9-3-6-13-14(18)7-2-8-15(13)19/h2,7-8,11-12H,1,3-6,9-10,17-18H2. The fraction of sp³-hybridized carbons (Fsp3) is 0.562. The summed E-state index contributed by atoms with van der Waals surface area (Å²) in [6.07, 6.45) is 5.87. The van der Waals surface area contributed by atoms with E-state index >= 15 is 0 Å². The first kappa shape index (κ1) is 13.4. The van der Waals surface area contributed by atoms with Crippen LogP contribution in [0.15, 0.2) is 18.2 Å². The lowest BCUT2D eigenvalue weighted by atomic mass is 9.84. The highest BCUT2D eigenvalue weighted by Gasteiger charge is 2.32. The second-order valence-corrected chi connectivity index (χ2v) is 6.06. The van der Waals surface area contributed by atoms with E-state index in [1.807, 2.05) is 23.1 Å². The van der Waals surface area contributed by atoms with Crippen LogP contribution in [0.5, 0.6) is 0 Å². The molecule has 0 aromatic heterocycles. The lowest BCUT2D eigenvalue weighted by molar-refractivity contribution is -0.123. The molecular weight excluding hydrogens is 250 g/mol. The molecule has 2 unspecified atom stereocenters. The van der Waals surface area contributed by atoms with Gasteiger partial charge in [0.15, 0.2) is 0 Å². The fourth-order valence-electron chi connectivity index (χ4n) is 3.55. The molecule has 1 heterocycles. The molecular formula is C16H23N3O. The van der Waals surface area contributed by atoms with Crippen molar-refractivity contribution in [1.82, 2.24) is 0 Å². The summed E-state index contributed by atoms with van der Waals surface area (Å²) in [6.45, 7) is 0.807. The monoisotopic (exact) mass is 273 g/mol. The van der Waals surface area contributed by atoms with Crippen LogP contribution in [-0.2, 0) is 11.2 Å². The first-order valence-corrected chi connectivity index (χ1v) is 7.61. The summed E-state index contributed by atoms with van der Waals surface area (Å²) in [5.74, 6) is 0.331. The van der Waals surface area contributed by atoms with Crippen molar-refractivity contribution < 1.29 is 4.79 Å². The number of anilines is 2.